The summed E-state index contributed by atoms with van der Waals surface area (Å²) in [5.74, 6) is -0.366. The van der Waals surface area contributed by atoms with E-state index in [1.165, 1.54) is 6.92 Å². The van der Waals surface area contributed by atoms with Gasteiger partial charge in [-0.05, 0) is 19.1 Å². The molecular weight excluding hydrogens is 245 g/mol. The van der Waals surface area contributed by atoms with Crippen LogP contribution in [0.25, 0.3) is 0 Å². The predicted octanol–water partition coefficient (Wildman–Crippen LogP) is 2.56. The van der Waals surface area contributed by atoms with E-state index in [1.807, 2.05) is 0 Å². The maximum Gasteiger partial charge on any atom is 0.390 e. The fraction of sp³-hybridized carbons (Fsp3) is 0.417. The van der Waals surface area contributed by atoms with Gasteiger partial charge in [0.2, 0.25) is 5.91 Å². The minimum atomic E-state index is -4.22. The average Bonchev–Trinajstić information content (AvgIpc) is 2.25. The lowest BCUT2D eigenvalue weighted by atomic mass is 10.2. The highest BCUT2D eigenvalue weighted by molar-refractivity contribution is 5.92. The molecule has 0 aromatic heterocycles. The summed E-state index contributed by atoms with van der Waals surface area (Å²) in [6.45, 7) is 1.25. The number of amides is 1. The van der Waals surface area contributed by atoms with Crippen LogP contribution < -0.4 is 10.6 Å². The number of halogens is 3. The second kappa shape index (κ2) is 6.39. The summed E-state index contributed by atoms with van der Waals surface area (Å²) in [5.41, 5.74) is 0.618. The van der Waals surface area contributed by atoms with Crippen LogP contribution in [0.4, 0.5) is 18.9 Å². The van der Waals surface area contributed by atoms with Crippen LogP contribution in [0.15, 0.2) is 30.3 Å². The van der Waals surface area contributed by atoms with E-state index in [0.29, 0.717) is 5.69 Å². The Morgan fingerprint density at radius 2 is 1.89 bits per heavy atom. The van der Waals surface area contributed by atoms with E-state index in [2.05, 4.69) is 10.6 Å². The molecule has 100 valence electrons. The summed E-state index contributed by atoms with van der Waals surface area (Å²) in [4.78, 5) is 11.4. The third-order valence-electron chi connectivity index (χ3n) is 2.21. The number of carbonyl (C=O) groups is 1. The molecule has 18 heavy (non-hydrogen) atoms. The van der Waals surface area contributed by atoms with Crippen molar-refractivity contribution in [1.29, 1.82) is 0 Å². The highest BCUT2D eigenvalue weighted by Gasteiger charge is 2.29. The minimum Gasteiger partial charge on any atom is -0.325 e. The highest BCUT2D eigenvalue weighted by Crippen LogP contribution is 2.21. The molecule has 0 fully saturated rings. The summed E-state index contributed by atoms with van der Waals surface area (Å²) < 4.78 is 36.1. The first-order chi connectivity index (χ1) is 8.37. The maximum atomic E-state index is 12.0. The van der Waals surface area contributed by atoms with Gasteiger partial charge in [-0.15, -0.1) is 0 Å². The Morgan fingerprint density at radius 3 is 2.44 bits per heavy atom. The van der Waals surface area contributed by atoms with Crippen molar-refractivity contribution in [3.8, 4) is 0 Å². The van der Waals surface area contributed by atoms with E-state index in [9.17, 15) is 18.0 Å². The molecule has 1 aromatic carbocycles. The van der Waals surface area contributed by atoms with Crippen LogP contribution in [0.2, 0.25) is 0 Å². The predicted molar refractivity (Wildman–Crippen MR) is 63.2 cm³/mol. The van der Waals surface area contributed by atoms with Crippen molar-refractivity contribution in [3.63, 3.8) is 0 Å². The van der Waals surface area contributed by atoms with Crippen molar-refractivity contribution in [2.45, 2.75) is 25.6 Å². The fourth-order valence-corrected chi connectivity index (χ4v) is 1.41. The maximum absolute atomic E-state index is 12.0. The number of anilines is 1. The number of hydrogen-bond acceptors (Lipinski definition) is 2. The van der Waals surface area contributed by atoms with Crippen molar-refractivity contribution >= 4 is 11.6 Å². The van der Waals surface area contributed by atoms with Gasteiger partial charge in [0, 0.05) is 11.7 Å². The van der Waals surface area contributed by atoms with Gasteiger partial charge in [-0.3, -0.25) is 4.79 Å². The molecule has 0 bridgehead atoms. The Morgan fingerprint density at radius 1 is 1.28 bits per heavy atom. The van der Waals surface area contributed by atoms with Crippen LogP contribution in [0.5, 0.6) is 0 Å². The number of benzene rings is 1. The Kier molecular flexibility index (Phi) is 5.15. The quantitative estimate of drug-likeness (QED) is 0.854. The SMILES string of the molecule is CC(CC(F)(F)F)NCC(=O)Nc1ccccc1. The molecule has 0 radical (unpaired) electrons. The number of hydrogen-bond donors (Lipinski definition) is 2. The number of para-hydroxylation sites is 1. The Bertz CT molecular complexity index is 379. The van der Waals surface area contributed by atoms with Gasteiger partial charge in [0.1, 0.15) is 0 Å². The summed E-state index contributed by atoms with van der Waals surface area (Å²) >= 11 is 0. The van der Waals surface area contributed by atoms with Gasteiger partial charge in [0.05, 0.1) is 13.0 Å². The van der Waals surface area contributed by atoms with E-state index in [4.69, 9.17) is 0 Å². The van der Waals surface area contributed by atoms with E-state index >= 15 is 0 Å². The van der Waals surface area contributed by atoms with Gasteiger partial charge < -0.3 is 10.6 Å². The van der Waals surface area contributed by atoms with Crippen LogP contribution in [-0.2, 0) is 4.79 Å². The van der Waals surface area contributed by atoms with Gasteiger partial charge >= 0.3 is 6.18 Å². The standard InChI is InChI=1S/C12H15F3N2O/c1-9(7-12(13,14)15)16-8-11(18)17-10-5-3-2-4-6-10/h2-6,9,16H,7-8H2,1H3,(H,17,18). The normalized spacial score (nSPS) is 13.1. The number of rotatable bonds is 5. The number of alkyl halides is 3. The van der Waals surface area contributed by atoms with Crippen LogP contribution in [0, 0.1) is 0 Å². The summed E-state index contributed by atoms with van der Waals surface area (Å²) in [5, 5.41) is 5.10. The van der Waals surface area contributed by atoms with Gasteiger partial charge in [-0.25, -0.2) is 0 Å². The van der Waals surface area contributed by atoms with Gasteiger partial charge in [-0.2, -0.15) is 13.2 Å². The lowest BCUT2D eigenvalue weighted by Gasteiger charge is -2.15. The first-order valence-corrected chi connectivity index (χ1v) is 5.52. The topological polar surface area (TPSA) is 41.1 Å². The molecule has 0 aliphatic rings. The second-order valence-electron chi connectivity index (χ2n) is 4.02. The zero-order chi connectivity index (χ0) is 13.6. The average molecular weight is 260 g/mol. The summed E-state index contributed by atoms with van der Waals surface area (Å²) in [6.07, 6.45) is -5.17. The molecule has 0 heterocycles. The monoisotopic (exact) mass is 260 g/mol. The Hall–Kier alpha value is -1.56. The minimum absolute atomic E-state index is 0.147. The lowest BCUT2D eigenvalue weighted by molar-refractivity contribution is -0.139. The molecule has 6 heteroatoms. The molecule has 1 unspecified atom stereocenters. The summed E-state index contributed by atoms with van der Waals surface area (Å²) in [6, 6.07) is 7.95. The molecule has 0 saturated heterocycles. The van der Waals surface area contributed by atoms with E-state index in [0.717, 1.165) is 0 Å². The Labute approximate surface area is 103 Å². The molecule has 1 amide bonds. The molecule has 1 atom stereocenters. The first kappa shape index (κ1) is 14.5. The zero-order valence-electron chi connectivity index (χ0n) is 9.92. The highest BCUT2D eigenvalue weighted by atomic mass is 19.4. The van der Waals surface area contributed by atoms with Crippen molar-refractivity contribution in [2.75, 3.05) is 11.9 Å². The lowest BCUT2D eigenvalue weighted by Crippen LogP contribution is -2.37. The largest absolute Gasteiger partial charge is 0.390 e. The van der Waals surface area contributed by atoms with Crippen LogP contribution in [0.1, 0.15) is 13.3 Å². The molecule has 1 rings (SSSR count). The van der Waals surface area contributed by atoms with Crippen molar-refractivity contribution < 1.29 is 18.0 Å². The van der Waals surface area contributed by atoms with Gasteiger partial charge in [0.15, 0.2) is 0 Å². The molecular formula is C12H15F3N2O. The molecule has 0 aliphatic heterocycles. The molecule has 0 aliphatic carbocycles. The second-order valence-corrected chi connectivity index (χ2v) is 4.02. The van der Waals surface area contributed by atoms with E-state index in [1.54, 1.807) is 30.3 Å². The number of nitrogens with one attached hydrogen (secondary N) is 2. The Balaban J connectivity index is 2.29. The van der Waals surface area contributed by atoms with Crippen LogP contribution in [-0.4, -0.2) is 24.7 Å². The van der Waals surface area contributed by atoms with E-state index < -0.39 is 18.6 Å². The summed E-state index contributed by atoms with van der Waals surface area (Å²) in [7, 11) is 0. The molecule has 3 nitrogen and oxygen atoms in total. The smallest absolute Gasteiger partial charge is 0.325 e. The number of carbonyl (C=O) groups excluding carboxylic acids is 1. The van der Waals surface area contributed by atoms with E-state index in [-0.39, 0.29) is 12.5 Å². The van der Waals surface area contributed by atoms with Crippen molar-refractivity contribution in [1.82, 2.24) is 5.32 Å². The third-order valence-corrected chi connectivity index (χ3v) is 2.21. The van der Waals surface area contributed by atoms with Crippen LogP contribution >= 0.6 is 0 Å². The molecule has 2 N–H and O–H groups in total. The van der Waals surface area contributed by atoms with Gasteiger partial charge in [0.25, 0.3) is 0 Å². The van der Waals surface area contributed by atoms with Gasteiger partial charge in [-0.1, -0.05) is 18.2 Å². The fourth-order valence-electron chi connectivity index (χ4n) is 1.41. The molecule has 0 spiro atoms. The third kappa shape index (κ3) is 6.24. The van der Waals surface area contributed by atoms with Crippen molar-refractivity contribution in [2.24, 2.45) is 0 Å². The zero-order valence-corrected chi connectivity index (χ0v) is 9.92. The van der Waals surface area contributed by atoms with Crippen molar-refractivity contribution in [3.05, 3.63) is 30.3 Å². The molecule has 1 aromatic rings. The van der Waals surface area contributed by atoms with Crippen LogP contribution in [0.3, 0.4) is 0 Å². The first-order valence-electron chi connectivity index (χ1n) is 5.52. The molecule has 0 saturated carbocycles.